The number of benzene rings is 2. The van der Waals surface area contributed by atoms with Gasteiger partial charge in [-0.15, -0.1) is 0 Å². The molecule has 0 atom stereocenters. The summed E-state index contributed by atoms with van der Waals surface area (Å²) in [5, 5.41) is 11.5. The van der Waals surface area contributed by atoms with E-state index in [2.05, 4.69) is 4.98 Å². The number of halogens is 2. The number of aromatic nitrogens is 2. The molecule has 0 saturated heterocycles. The summed E-state index contributed by atoms with van der Waals surface area (Å²) < 4.78 is 38.1. The highest BCUT2D eigenvalue weighted by Crippen LogP contribution is 2.27. The summed E-state index contributed by atoms with van der Waals surface area (Å²) in [6, 6.07) is 10.4. The van der Waals surface area contributed by atoms with Gasteiger partial charge in [-0.05, 0) is 36.1 Å². The zero-order chi connectivity index (χ0) is 24.5. The van der Waals surface area contributed by atoms with Crippen molar-refractivity contribution in [2.24, 2.45) is 11.6 Å². The van der Waals surface area contributed by atoms with Gasteiger partial charge in [-0.3, -0.25) is 9.58 Å². The number of nitrogens with two attached hydrogens (primary N) is 2. The molecule has 0 aliphatic heterocycles. The zero-order valence-corrected chi connectivity index (χ0v) is 18.2. The fraction of sp³-hybridized carbons (Fsp3) is 0.190. The average molecular weight is 462 g/mol. The monoisotopic (exact) mass is 462 g/mol. The Kier molecular flexibility index (Phi) is 8.69. The molecule has 0 aliphatic rings. The number of hydrogen-bond acceptors (Lipinski definition) is 8. The number of methoxy groups -OCH3 is 2. The van der Waals surface area contributed by atoms with Gasteiger partial charge in [0.2, 0.25) is 0 Å². The number of aryl methyl sites for hydroxylation is 1. The molecule has 12 heteroatoms. The first-order chi connectivity index (χ1) is 15.7. The number of anilines is 1. The van der Waals surface area contributed by atoms with Gasteiger partial charge in [0, 0.05) is 29.4 Å². The van der Waals surface area contributed by atoms with Crippen molar-refractivity contribution in [2.75, 3.05) is 19.2 Å². The lowest BCUT2D eigenvalue weighted by Gasteiger charge is -2.18. The topological polar surface area (TPSA) is 135 Å². The summed E-state index contributed by atoms with van der Waals surface area (Å²) in [4.78, 5) is 13.4. The maximum absolute atomic E-state index is 13.7. The summed E-state index contributed by atoms with van der Waals surface area (Å²) in [6.45, 7) is 2.46. The maximum atomic E-state index is 13.7. The van der Waals surface area contributed by atoms with Gasteiger partial charge in [-0.25, -0.2) is 14.6 Å². The van der Waals surface area contributed by atoms with Gasteiger partial charge in [0.1, 0.15) is 23.6 Å². The van der Waals surface area contributed by atoms with Crippen LogP contribution in [0.5, 0.6) is 11.8 Å². The minimum absolute atomic E-state index is 0.0703. The molecule has 0 fully saturated rings. The normalized spacial score (nSPS) is 10.8. The Morgan fingerprint density at radius 1 is 1.24 bits per heavy atom. The van der Waals surface area contributed by atoms with Crippen LogP contribution in [0.25, 0.3) is 5.70 Å². The third-order valence-corrected chi connectivity index (χ3v) is 4.32. The maximum Gasteiger partial charge on any atom is 0.413 e. The third-order valence-electron chi connectivity index (χ3n) is 4.32. The summed E-state index contributed by atoms with van der Waals surface area (Å²) >= 11 is 0. The molecule has 1 heterocycles. The second-order valence-electron chi connectivity index (χ2n) is 6.42. The van der Waals surface area contributed by atoms with Crippen molar-refractivity contribution in [1.82, 2.24) is 9.55 Å². The van der Waals surface area contributed by atoms with Gasteiger partial charge in [-0.1, -0.05) is 12.1 Å². The van der Waals surface area contributed by atoms with Crippen molar-refractivity contribution in [3.8, 4) is 11.8 Å². The van der Waals surface area contributed by atoms with Crippen molar-refractivity contribution in [3.63, 3.8) is 0 Å². The van der Waals surface area contributed by atoms with Crippen molar-refractivity contribution in [3.05, 3.63) is 82.2 Å². The van der Waals surface area contributed by atoms with Crippen LogP contribution in [0.4, 0.5) is 20.3 Å². The number of rotatable bonds is 7. The molecule has 3 rings (SSSR count). The lowest BCUT2D eigenvalue weighted by molar-refractivity contribution is -0.389. The lowest BCUT2D eigenvalue weighted by Crippen LogP contribution is -2.26. The van der Waals surface area contributed by atoms with E-state index in [0.717, 1.165) is 12.1 Å². The van der Waals surface area contributed by atoms with Crippen LogP contribution in [0.15, 0.2) is 54.9 Å². The van der Waals surface area contributed by atoms with E-state index >= 15 is 0 Å². The predicted octanol–water partition coefficient (Wildman–Crippen LogP) is 3.43. The Hall–Kier alpha value is -4.19. The first-order valence-corrected chi connectivity index (χ1v) is 9.57. The second kappa shape index (κ2) is 11.4. The lowest BCUT2D eigenvalue weighted by atomic mass is 10.1. The molecular formula is C21H24F2N6O4. The molecule has 176 valence electrons. The number of nitrogens with zero attached hydrogens (tertiary/aromatic N) is 4. The fourth-order valence-electron chi connectivity index (χ4n) is 2.72. The highest BCUT2D eigenvalue weighted by atomic mass is 19.1. The molecule has 3 aromatic rings. The van der Waals surface area contributed by atoms with E-state index in [0.29, 0.717) is 18.0 Å². The molecule has 1 aromatic heterocycles. The van der Waals surface area contributed by atoms with Crippen LogP contribution in [-0.2, 0) is 6.54 Å². The second-order valence-corrected chi connectivity index (χ2v) is 6.42. The van der Waals surface area contributed by atoms with E-state index in [1.165, 1.54) is 37.7 Å². The predicted molar refractivity (Wildman–Crippen MR) is 119 cm³/mol. The molecule has 4 N–H and O–H groups in total. The van der Waals surface area contributed by atoms with Gasteiger partial charge in [-0.2, -0.15) is 0 Å². The van der Waals surface area contributed by atoms with Crippen molar-refractivity contribution in [1.29, 1.82) is 0 Å². The largest absolute Gasteiger partial charge is 0.495 e. The molecule has 0 radical (unpaired) electrons. The van der Waals surface area contributed by atoms with Crippen LogP contribution >= 0.6 is 0 Å². The van der Waals surface area contributed by atoms with E-state index in [1.807, 2.05) is 6.92 Å². The summed E-state index contributed by atoms with van der Waals surface area (Å²) in [6.07, 6.45) is 2.69. The first-order valence-electron chi connectivity index (χ1n) is 9.57. The number of nitro groups is 1. The van der Waals surface area contributed by atoms with Crippen LogP contribution in [0.1, 0.15) is 12.5 Å². The molecule has 0 saturated carbocycles. The molecule has 0 unspecified atom stereocenters. The average Bonchev–Trinajstić information content (AvgIpc) is 3.23. The minimum Gasteiger partial charge on any atom is -0.495 e. The van der Waals surface area contributed by atoms with Gasteiger partial charge < -0.3 is 25.3 Å². The number of hydrazine groups is 1. The van der Waals surface area contributed by atoms with E-state index in [4.69, 9.17) is 21.1 Å². The molecule has 33 heavy (non-hydrogen) atoms. The van der Waals surface area contributed by atoms with Gasteiger partial charge >= 0.3 is 11.8 Å². The molecule has 0 aliphatic carbocycles. The molecule has 0 spiro atoms. The molecular weight excluding hydrogens is 438 g/mol. The Balaban J connectivity index is 0.000000273. The van der Waals surface area contributed by atoms with Crippen molar-refractivity contribution < 1.29 is 23.2 Å². The Morgan fingerprint density at radius 3 is 2.48 bits per heavy atom. The SMILES string of the molecule is CCn1cc([N+](=O)[O-])nc1OC.COc1ccccc1N(N)/C=C(\N)c1ccc(F)cc1F. The molecule has 0 bridgehead atoms. The van der Waals surface area contributed by atoms with Gasteiger partial charge in [0.05, 0.1) is 25.6 Å². The summed E-state index contributed by atoms with van der Waals surface area (Å²) in [5.41, 5.74) is 6.51. The van der Waals surface area contributed by atoms with Gasteiger partial charge in [0.25, 0.3) is 0 Å². The van der Waals surface area contributed by atoms with Gasteiger partial charge in [0.15, 0.2) is 0 Å². The number of hydrogen-bond donors (Lipinski definition) is 2. The quantitative estimate of drug-likeness (QED) is 0.310. The Morgan fingerprint density at radius 2 is 1.94 bits per heavy atom. The third kappa shape index (κ3) is 6.40. The smallest absolute Gasteiger partial charge is 0.413 e. The molecule has 10 nitrogen and oxygen atoms in total. The number of imidazole rings is 1. The minimum atomic E-state index is -0.753. The molecule has 0 amide bonds. The van der Waals surface area contributed by atoms with Crippen LogP contribution in [0, 0.1) is 21.7 Å². The molecule has 2 aromatic carbocycles. The number of ether oxygens (including phenoxy) is 2. The van der Waals surface area contributed by atoms with E-state index in [9.17, 15) is 18.9 Å². The highest BCUT2D eigenvalue weighted by molar-refractivity contribution is 5.68. The fourth-order valence-corrected chi connectivity index (χ4v) is 2.72. The zero-order valence-electron chi connectivity index (χ0n) is 18.2. The van der Waals surface area contributed by atoms with Crippen molar-refractivity contribution in [2.45, 2.75) is 13.5 Å². The van der Waals surface area contributed by atoms with E-state index in [1.54, 1.807) is 28.8 Å². The van der Waals surface area contributed by atoms with E-state index in [-0.39, 0.29) is 23.1 Å². The van der Waals surface area contributed by atoms with Crippen LogP contribution in [0.3, 0.4) is 0 Å². The Bertz CT molecular complexity index is 1110. The van der Waals surface area contributed by atoms with E-state index < -0.39 is 16.6 Å². The summed E-state index contributed by atoms with van der Waals surface area (Å²) in [5.74, 6) is 4.83. The Labute approximate surface area is 188 Å². The summed E-state index contributed by atoms with van der Waals surface area (Å²) in [7, 11) is 2.94. The van der Waals surface area contributed by atoms with Crippen LogP contribution in [0.2, 0.25) is 0 Å². The van der Waals surface area contributed by atoms with Crippen molar-refractivity contribution >= 4 is 17.2 Å². The first kappa shape index (κ1) is 25.1. The highest BCUT2D eigenvalue weighted by Gasteiger charge is 2.17. The standard InChI is InChI=1S/C15H15F2N3O.C6H9N3O3/c1-21-15-5-3-2-4-14(15)20(19)9-13(18)11-7-6-10(16)8-12(11)17;1-3-8-4-5(9(10)11)7-6(8)12-2/h2-9H,18-19H2,1H3;4H,3H2,1-2H3/b13-9-;. The van der Waals surface area contributed by atoms with Crippen LogP contribution in [-0.4, -0.2) is 28.7 Å². The van der Waals surface area contributed by atoms with Crippen LogP contribution < -0.4 is 26.1 Å². The number of para-hydroxylation sites is 2.